The maximum atomic E-state index is 12.0. The summed E-state index contributed by atoms with van der Waals surface area (Å²) in [5.41, 5.74) is 0.500. The van der Waals surface area contributed by atoms with Gasteiger partial charge in [0.1, 0.15) is 5.60 Å². The Hall–Kier alpha value is -2.37. The molecule has 1 heterocycles. The molecule has 2 rings (SSSR count). The van der Waals surface area contributed by atoms with Crippen molar-refractivity contribution in [2.45, 2.75) is 45.8 Å². The molecule has 1 aromatic carbocycles. The molecule has 118 valence electrons. The third-order valence-electron chi connectivity index (χ3n) is 2.83. The summed E-state index contributed by atoms with van der Waals surface area (Å²) >= 11 is 0. The molecule has 6 heteroatoms. The lowest BCUT2D eigenvalue weighted by Gasteiger charge is -2.22. The number of alkyl carbamates (subject to hydrolysis) is 1. The number of hydrogen-bond donors (Lipinski definition) is 1. The smallest absolute Gasteiger partial charge is 0.408 e. The normalized spacial score (nSPS) is 12.7. The van der Waals surface area contributed by atoms with Crippen LogP contribution in [0.25, 0.3) is 0 Å². The Morgan fingerprint density at radius 3 is 2.55 bits per heavy atom. The van der Waals surface area contributed by atoms with Crippen molar-refractivity contribution in [2.24, 2.45) is 0 Å². The van der Waals surface area contributed by atoms with Gasteiger partial charge in [-0.1, -0.05) is 35.5 Å². The average molecular weight is 303 g/mol. The molecule has 0 fully saturated rings. The number of carbonyl (C=O) groups excluding carboxylic acids is 1. The van der Waals surface area contributed by atoms with E-state index in [1.54, 1.807) is 6.92 Å². The van der Waals surface area contributed by atoms with Crippen molar-refractivity contribution in [3.63, 3.8) is 0 Å². The van der Waals surface area contributed by atoms with Gasteiger partial charge in [0.15, 0.2) is 5.82 Å². The van der Waals surface area contributed by atoms with E-state index in [4.69, 9.17) is 9.26 Å². The summed E-state index contributed by atoms with van der Waals surface area (Å²) in [5, 5.41) is 6.71. The van der Waals surface area contributed by atoms with Crippen molar-refractivity contribution in [2.75, 3.05) is 0 Å². The predicted molar refractivity (Wildman–Crippen MR) is 81.3 cm³/mol. The molecule has 1 aromatic heterocycles. The highest BCUT2D eigenvalue weighted by molar-refractivity contribution is 5.68. The maximum absolute atomic E-state index is 12.0. The second kappa shape index (κ2) is 6.60. The molecular formula is C16H21N3O3. The Morgan fingerprint density at radius 2 is 2.00 bits per heavy atom. The van der Waals surface area contributed by atoms with Gasteiger partial charge in [0, 0.05) is 13.3 Å². The van der Waals surface area contributed by atoms with E-state index in [0.717, 1.165) is 5.56 Å². The van der Waals surface area contributed by atoms with Crippen LogP contribution in [0.1, 0.15) is 44.1 Å². The zero-order valence-electron chi connectivity index (χ0n) is 13.3. The molecule has 6 nitrogen and oxygen atoms in total. The molecule has 0 aliphatic rings. The number of aryl methyl sites for hydroxylation is 1. The van der Waals surface area contributed by atoms with Gasteiger partial charge >= 0.3 is 6.09 Å². The Kier molecular flexibility index (Phi) is 4.80. The van der Waals surface area contributed by atoms with Crippen molar-refractivity contribution in [1.82, 2.24) is 15.5 Å². The summed E-state index contributed by atoms with van der Waals surface area (Å²) in [6.45, 7) is 7.16. The number of aromatic nitrogens is 2. The number of rotatable bonds is 4. The van der Waals surface area contributed by atoms with Gasteiger partial charge in [-0.05, 0) is 26.3 Å². The van der Waals surface area contributed by atoms with Gasteiger partial charge in [0.25, 0.3) is 0 Å². The highest BCUT2D eigenvalue weighted by atomic mass is 16.6. The van der Waals surface area contributed by atoms with Crippen LogP contribution < -0.4 is 5.32 Å². The quantitative estimate of drug-likeness (QED) is 0.938. The van der Waals surface area contributed by atoms with Crippen LogP contribution in [-0.4, -0.2) is 21.8 Å². The van der Waals surface area contributed by atoms with E-state index < -0.39 is 17.7 Å². The molecule has 2 aromatic rings. The highest BCUT2D eigenvalue weighted by Crippen LogP contribution is 2.17. The maximum Gasteiger partial charge on any atom is 0.408 e. The van der Waals surface area contributed by atoms with Crippen LogP contribution in [0.15, 0.2) is 34.9 Å². The van der Waals surface area contributed by atoms with E-state index in [2.05, 4.69) is 15.5 Å². The molecular weight excluding hydrogens is 282 g/mol. The minimum absolute atomic E-state index is 0.408. The minimum atomic E-state index is -0.561. The lowest BCUT2D eigenvalue weighted by Crippen LogP contribution is -2.36. The van der Waals surface area contributed by atoms with Crippen LogP contribution in [0.3, 0.4) is 0 Å². The van der Waals surface area contributed by atoms with Crippen LogP contribution in [-0.2, 0) is 11.2 Å². The van der Waals surface area contributed by atoms with Gasteiger partial charge in [-0.25, -0.2) is 4.79 Å². The first-order valence-corrected chi connectivity index (χ1v) is 7.17. The predicted octanol–water partition coefficient (Wildman–Crippen LogP) is 3.19. The SMILES string of the molecule is Cc1nc(C(Cc2ccccc2)NC(=O)OC(C)(C)C)no1. The van der Waals surface area contributed by atoms with Crippen molar-refractivity contribution < 1.29 is 14.1 Å². The standard InChI is InChI=1S/C16H21N3O3/c1-11-17-14(19-22-11)13(10-12-8-6-5-7-9-12)18-15(20)21-16(2,3)4/h5-9,13H,10H2,1-4H3,(H,18,20). The zero-order chi connectivity index (χ0) is 16.2. The van der Waals surface area contributed by atoms with Crippen LogP contribution in [0.2, 0.25) is 0 Å². The van der Waals surface area contributed by atoms with Gasteiger partial charge in [-0.15, -0.1) is 0 Å². The van der Waals surface area contributed by atoms with Gasteiger partial charge < -0.3 is 14.6 Å². The molecule has 0 saturated carbocycles. The van der Waals surface area contributed by atoms with E-state index in [9.17, 15) is 4.79 Å². The number of amides is 1. The van der Waals surface area contributed by atoms with Crippen molar-refractivity contribution >= 4 is 6.09 Å². The summed E-state index contributed by atoms with van der Waals surface area (Å²) in [5.74, 6) is 0.895. The first kappa shape index (κ1) is 16.0. The second-order valence-corrected chi connectivity index (χ2v) is 6.06. The number of hydrogen-bond acceptors (Lipinski definition) is 5. The molecule has 0 saturated heterocycles. The summed E-state index contributed by atoms with van der Waals surface area (Å²) in [6, 6.07) is 9.39. The molecule has 0 spiro atoms. The average Bonchev–Trinajstić information content (AvgIpc) is 2.84. The van der Waals surface area contributed by atoms with Crippen LogP contribution in [0, 0.1) is 6.92 Å². The number of benzene rings is 1. The summed E-state index contributed by atoms with van der Waals surface area (Å²) in [6.07, 6.45) is 0.0508. The Bertz CT molecular complexity index is 617. The number of nitrogens with zero attached hydrogens (tertiary/aromatic N) is 2. The van der Waals surface area contributed by atoms with Crippen LogP contribution in [0.5, 0.6) is 0 Å². The van der Waals surface area contributed by atoms with Crippen molar-refractivity contribution in [3.8, 4) is 0 Å². The fourth-order valence-electron chi connectivity index (χ4n) is 1.96. The van der Waals surface area contributed by atoms with Crippen molar-refractivity contribution in [1.29, 1.82) is 0 Å². The molecule has 1 N–H and O–H groups in total. The lowest BCUT2D eigenvalue weighted by atomic mass is 10.1. The van der Waals surface area contributed by atoms with Crippen molar-refractivity contribution in [3.05, 3.63) is 47.6 Å². The van der Waals surface area contributed by atoms with Gasteiger partial charge in [0.05, 0.1) is 6.04 Å². The fourth-order valence-corrected chi connectivity index (χ4v) is 1.96. The lowest BCUT2D eigenvalue weighted by molar-refractivity contribution is 0.0500. The van der Waals surface area contributed by atoms with Gasteiger partial charge in [-0.2, -0.15) is 4.98 Å². The third kappa shape index (κ3) is 4.87. The van der Waals surface area contributed by atoms with E-state index in [-0.39, 0.29) is 0 Å². The highest BCUT2D eigenvalue weighted by Gasteiger charge is 2.24. The molecule has 0 radical (unpaired) electrons. The molecule has 0 bridgehead atoms. The third-order valence-corrected chi connectivity index (χ3v) is 2.83. The molecule has 22 heavy (non-hydrogen) atoms. The van der Waals surface area contributed by atoms with E-state index in [1.165, 1.54) is 0 Å². The largest absolute Gasteiger partial charge is 0.444 e. The topological polar surface area (TPSA) is 77.2 Å². The zero-order valence-corrected chi connectivity index (χ0v) is 13.3. The summed E-state index contributed by atoms with van der Waals surface area (Å²) in [4.78, 5) is 16.2. The van der Waals surface area contributed by atoms with Crippen LogP contribution >= 0.6 is 0 Å². The summed E-state index contributed by atoms with van der Waals surface area (Å²) < 4.78 is 10.3. The number of carbonyl (C=O) groups is 1. The Balaban J connectivity index is 2.13. The Morgan fingerprint density at radius 1 is 1.32 bits per heavy atom. The fraction of sp³-hybridized carbons (Fsp3) is 0.438. The van der Waals surface area contributed by atoms with Crippen LogP contribution in [0.4, 0.5) is 4.79 Å². The number of nitrogens with one attached hydrogen (secondary N) is 1. The van der Waals surface area contributed by atoms with Gasteiger partial charge in [-0.3, -0.25) is 0 Å². The number of ether oxygens (including phenoxy) is 1. The van der Waals surface area contributed by atoms with E-state index in [0.29, 0.717) is 18.1 Å². The molecule has 1 atom stereocenters. The second-order valence-electron chi connectivity index (χ2n) is 6.06. The monoisotopic (exact) mass is 303 g/mol. The molecule has 0 aliphatic carbocycles. The molecule has 1 amide bonds. The first-order chi connectivity index (χ1) is 10.3. The van der Waals surface area contributed by atoms with E-state index in [1.807, 2.05) is 51.1 Å². The van der Waals surface area contributed by atoms with Gasteiger partial charge in [0.2, 0.25) is 5.89 Å². The Labute approximate surface area is 129 Å². The molecule has 0 aliphatic heterocycles. The summed E-state index contributed by atoms with van der Waals surface area (Å²) in [7, 11) is 0. The minimum Gasteiger partial charge on any atom is -0.444 e. The molecule has 1 unspecified atom stereocenters. The first-order valence-electron chi connectivity index (χ1n) is 7.17. The van der Waals surface area contributed by atoms with E-state index >= 15 is 0 Å².